The van der Waals surface area contributed by atoms with Crippen LogP contribution in [0.15, 0.2) is 86.4 Å². The highest BCUT2D eigenvalue weighted by Crippen LogP contribution is 2.28. The van der Waals surface area contributed by atoms with E-state index in [1.54, 1.807) is 48.5 Å². The molecule has 0 fully saturated rings. The number of rotatable bonds is 4. The van der Waals surface area contributed by atoms with E-state index in [0.29, 0.717) is 22.4 Å². The summed E-state index contributed by atoms with van der Waals surface area (Å²) in [6.07, 6.45) is 1.54. The van der Waals surface area contributed by atoms with Gasteiger partial charge in [0.1, 0.15) is 5.75 Å². The van der Waals surface area contributed by atoms with Gasteiger partial charge in [-0.15, -0.1) is 0 Å². The molecule has 5 nitrogen and oxygen atoms in total. The predicted molar refractivity (Wildman–Crippen MR) is 125 cm³/mol. The van der Waals surface area contributed by atoms with Gasteiger partial charge in [-0.1, -0.05) is 49.6 Å². The van der Waals surface area contributed by atoms with Gasteiger partial charge in [-0.3, -0.25) is 0 Å². The number of benzene rings is 3. The zero-order valence-electron chi connectivity index (χ0n) is 16.3. The first-order valence-electron chi connectivity index (χ1n) is 9.26. The minimum Gasteiger partial charge on any atom is -0.422 e. The number of hydrogen-bond donors (Lipinski definition) is 0. The fraction of sp³-hybridized carbons (Fsp3) is 0.0417. The van der Waals surface area contributed by atoms with Crippen molar-refractivity contribution < 1.29 is 19.1 Å². The number of aliphatic imine (C=N–C) groups is 1. The molecule has 7 heteroatoms. The largest absolute Gasteiger partial charge is 0.422 e. The Morgan fingerprint density at radius 2 is 1.74 bits per heavy atom. The number of cyclic esters (lactones) is 1. The van der Waals surface area contributed by atoms with E-state index < -0.39 is 11.9 Å². The smallest absolute Gasteiger partial charge is 0.363 e. The summed E-state index contributed by atoms with van der Waals surface area (Å²) in [6, 6.07) is 19.6. The van der Waals surface area contributed by atoms with Crippen LogP contribution in [-0.4, -0.2) is 17.8 Å². The van der Waals surface area contributed by atoms with Crippen molar-refractivity contribution >= 4 is 55.8 Å². The number of ether oxygens (including phenoxy) is 2. The predicted octanol–water partition coefficient (Wildman–Crippen LogP) is 6.08. The number of carbonyl (C=O) groups excluding carboxylic acids is 2. The molecule has 0 saturated heterocycles. The van der Waals surface area contributed by atoms with E-state index in [0.717, 1.165) is 14.5 Å². The Labute approximate surface area is 195 Å². The molecule has 0 radical (unpaired) electrons. The zero-order chi connectivity index (χ0) is 22.0. The van der Waals surface area contributed by atoms with Crippen molar-refractivity contribution in [2.45, 2.75) is 6.92 Å². The molecular formula is C24H15Br2NO4. The summed E-state index contributed by atoms with van der Waals surface area (Å²) in [5.74, 6) is -0.535. The number of aryl methyl sites for hydroxylation is 1. The van der Waals surface area contributed by atoms with Crippen LogP contribution in [0.1, 0.15) is 27.0 Å². The van der Waals surface area contributed by atoms with Gasteiger partial charge in [0, 0.05) is 20.1 Å². The van der Waals surface area contributed by atoms with Gasteiger partial charge in [0.25, 0.3) is 0 Å². The molecule has 4 rings (SSSR count). The summed E-state index contributed by atoms with van der Waals surface area (Å²) in [5, 5.41) is 0. The molecule has 1 heterocycles. The first-order valence-corrected chi connectivity index (χ1v) is 10.8. The van der Waals surface area contributed by atoms with E-state index >= 15 is 0 Å². The summed E-state index contributed by atoms with van der Waals surface area (Å²) in [6.45, 7) is 1.90. The molecule has 0 bridgehead atoms. The van der Waals surface area contributed by atoms with Crippen molar-refractivity contribution in [3.63, 3.8) is 0 Å². The fourth-order valence-corrected chi connectivity index (χ4v) is 3.57. The van der Waals surface area contributed by atoms with Gasteiger partial charge in [-0.05, 0) is 67.6 Å². The Morgan fingerprint density at radius 1 is 1.00 bits per heavy atom. The highest BCUT2D eigenvalue weighted by Gasteiger charge is 2.25. The second-order valence-electron chi connectivity index (χ2n) is 6.78. The van der Waals surface area contributed by atoms with E-state index in [4.69, 9.17) is 9.47 Å². The Kier molecular flexibility index (Phi) is 6.15. The molecule has 31 heavy (non-hydrogen) atoms. The van der Waals surface area contributed by atoms with Crippen LogP contribution in [-0.2, 0) is 9.53 Å². The standard InChI is InChI=1S/C24H15Br2NO4/c1-14-3-2-4-16(11-14)23(28)30-21-10-9-19(26)12-17(21)13-20-24(29)31-22(27-20)15-5-7-18(25)8-6-15/h2-13H,1H3/b20-13+. The molecule has 0 aliphatic carbocycles. The lowest BCUT2D eigenvalue weighted by Crippen LogP contribution is -2.09. The molecule has 0 spiro atoms. The Balaban J connectivity index is 1.65. The van der Waals surface area contributed by atoms with E-state index in [9.17, 15) is 9.59 Å². The number of hydrogen-bond acceptors (Lipinski definition) is 5. The van der Waals surface area contributed by atoms with Gasteiger partial charge in [-0.25, -0.2) is 14.6 Å². The molecular weight excluding hydrogens is 526 g/mol. The van der Waals surface area contributed by atoms with Crippen molar-refractivity contribution in [3.05, 3.63) is 104 Å². The second kappa shape index (κ2) is 8.99. The molecule has 0 aromatic heterocycles. The molecule has 154 valence electrons. The van der Waals surface area contributed by atoms with Crippen molar-refractivity contribution in [1.29, 1.82) is 0 Å². The molecule has 0 unspecified atom stereocenters. The maximum atomic E-state index is 12.6. The van der Waals surface area contributed by atoms with Crippen LogP contribution >= 0.6 is 31.9 Å². The van der Waals surface area contributed by atoms with Crippen LogP contribution in [0.3, 0.4) is 0 Å². The Morgan fingerprint density at radius 3 is 2.48 bits per heavy atom. The first kappa shape index (κ1) is 21.2. The Hall–Kier alpha value is -3.03. The Bertz CT molecular complexity index is 1250. The lowest BCUT2D eigenvalue weighted by molar-refractivity contribution is -0.129. The highest BCUT2D eigenvalue weighted by molar-refractivity contribution is 9.10. The molecule has 0 atom stereocenters. The molecule has 3 aromatic carbocycles. The van der Waals surface area contributed by atoms with Crippen LogP contribution in [0.4, 0.5) is 0 Å². The maximum absolute atomic E-state index is 12.6. The zero-order valence-corrected chi connectivity index (χ0v) is 19.4. The van der Waals surface area contributed by atoms with Crippen molar-refractivity contribution in [2.24, 2.45) is 4.99 Å². The minimum atomic E-state index is -0.575. The molecule has 1 aliphatic rings. The monoisotopic (exact) mass is 539 g/mol. The van der Waals surface area contributed by atoms with Crippen molar-refractivity contribution in [1.82, 2.24) is 0 Å². The third-order valence-corrected chi connectivity index (χ3v) is 5.45. The summed E-state index contributed by atoms with van der Waals surface area (Å²) >= 11 is 6.78. The minimum absolute atomic E-state index is 0.115. The third-order valence-electron chi connectivity index (χ3n) is 4.43. The van der Waals surface area contributed by atoms with E-state index in [-0.39, 0.29) is 11.6 Å². The lowest BCUT2D eigenvalue weighted by atomic mass is 10.1. The summed E-state index contributed by atoms with van der Waals surface area (Å²) < 4.78 is 12.6. The topological polar surface area (TPSA) is 65.0 Å². The number of nitrogens with zero attached hydrogens (tertiary/aromatic N) is 1. The molecule has 0 N–H and O–H groups in total. The molecule has 3 aromatic rings. The van der Waals surface area contributed by atoms with Crippen LogP contribution in [0.2, 0.25) is 0 Å². The van der Waals surface area contributed by atoms with Crippen molar-refractivity contribution in [3.8, 4) is 5.75 Å². The highest BCUT2D eigenvalue weighted by atomic mass is 79.9. The maximum Gasteiger partial charge on any atom is 0.363 e. The number of halogens is 2. The van der Waals surface area contributed by atoms with E-state index in [1.807, 2.05) is 25.1 Å². The van der Waals surface area contributed by atoms with Gasteiger partial charge in [0.05, 0.1) is 5.56 Å². The van der Waals surface area contributed by atoms with Crippen LogP contribution in [0.25, 0.3) is 6.08 Å². The van der Waals surface area contributed by atoms with Crippen LogP contribution in [0.5, 0.6) is 5.75 Å². The summed E-state index contributed by atoms with van der Waals surface area (Å²) in [7, 11) is 0. The summed E-state index contributed by atoms with van der Waals surface area (Å²) in [5.41, 5.74) is 2.71. The number of carbonyl (C=O) groups is 2. The van der Waals surface area contributed by atoms with Gasteiger partial charge in [0.15, 0.2) is 5.70 Å². The fourth-order valence-electron chi connectivity index (χ4n) is 2.93. The SMILES string of the molecule is Cc1cccc(C(=O)Oc2ccc(Br)cc2/C=C2/N=C(c3ccc(Br)cc3)OC2=O)c1. The van der Waals surface area contributed by atoms with E-state index in [1.165, 1.54) is 6.08 Å². The first-order chi connectivity index (χ1) is 14.9. The summed E-state index contributed by atoms with van der Waals surface area (Å²) in [4.78, 5) is 29.3. The lowest BCUT2D eigenvalue weighted by Gasteiger charge is -2.09. The van der Waals surface area contributed by atoms with Gasteiger partial charge in [-0.2, -0.15) is 0 Å². The van der Waals surface area contributed by atoms with Crippen molar-refractivity contribution in [2.75, 3.05) is 0 Å². The number of esters is 2. The van der Waals surface area contributed by atoms with E-state index in [2.05, 4.69) is 36.9 Å². The molecule has 0 amide bonds. The molecule has 1 aliphatic heterocycles. The normalized spacial score (nSPS) is 14.4. The average Bonchev–Trinajstić information content (AvgIpc) is 3.10. The van der Waals surface area contributed by atoms with Gasteiger partial charge in [0.2, 0.25) is 5.90 Å². The van der Waals surface area contributed by atoms with Gasteiger partial charge >= 0.3 is 11.9 Å². The average molecular weight is 541 g/mol. The van der Waals surface area contributed by atoms with Crippen LogP contribution in [0, 0.1) is 6.92 Å². The molecule has 0 saturated carbocycles. The second-order valence-corrected chi connectivity index (χ2v) is 8.62. The third kappa shape index (κ3) is 5.00. The van der Waals surface area contributed by atoms with Crippen LogP contribution < -0.4 is 4.74 Å². The van der Waals surface area contributed by atoms with Gasteiger partial charge < -0.3 is 9.47 Å². The quantitative estimate of drug-likeness (QED) is 0.228.